The van der Waals surface area contributed by atoms with Crippen LogP contribution >= 0.6 is 0 Å². The van der Waals surface area contributed by atoms with Gasteiger partial charge in [-0.3, -0.25) is 4.68 Å². The first-order valence-corrected chi connectivity index (χ1v) is 4.56. The van der Waals surface area contributed by atoms with Crippen molar-refractivity contribution in [2.24, 2.45) is 7.05 Å². The monoisotopic (exact) mass is 181 g/mol. The zero-order valence-electron chi connectivity index (χ0n) is 8.04. The molecule has 4 nitrogen and oxygen atoms in total. The second kappa shape index (κ2) is 2.82. The standard InChI is InChI=1S/C9H15N3O/c1-7-8(5-12(2)11-7)9(13)3-4-10-6-9/h5,10,13H,3-4,6H2,1-2H3. The van der Waals surface area contributed by atoms with Crippen LogP contribution in [0.25, 0.3) is 0 Å². The Labute approximate surface area is 77.6 Å². The van der Waals surface area contributed by atoms with Crippen LogP contribution in [0.15, 0.2) is 6.20 Å². The fraction of sp³-hybridized carbons (Fsp3) is 0.667. The highest BCUT2D eigenvalue weighted by Crippen LogP contribution is 2.29. The summed E-state index contributed by atoms with van der Waals surface area (Å²) < 4.78 is 1.75. The number of nitrogens with one attached hydrogen (secondary N) is 1. The minimum absolute atomic E-state index is 0.638. The predicted octanol–water partition coefficient (Wildman–Crippen LogP) is -0.0906. The first-order valence-electron chi connectivity index (χ1n) is 4.56. The van der Waals surface area contributed by atoms with Gasteiger partial charge >= 0.3 is 0 Å². The van der Waals surface area contributed by atoms with Crippen LogP contribution in [0.5, 0.6) is 0 Å². The van der Waals surface area contributed by atoms with Gasteiger partial charge in [-0.05, 0) is 19.9 Å². The summed E-state index contributed by atoms with van der Waals surface area (Å²) in [7, 11) is 1.88. The van der Waals surface area contributed by atoms with Crippen molar-refractivity contribution in [3.8, 4) is 0 Å². The van der Waals surface area contributed by atoms with Gasteiger partial charge in [0, 0.05) is 25.4 Å². The van der Waals surface area contributed by atoms with Crippen molar-refractivity contribution in [1.82, 2.24) is 15.1 Å². The van der Waals surface area contributed by atoms with E-state index in [1.54, 1.807) is 4.68 Å². The van der Waals surface area contributed by atoms with Crippen LogP contribution < -0.4 is 5.32 Å². The lowest BCUT2D eigenvalue weighted by Gasteiger charge is -2.20. The molecule has 0 bridgehead atoms. The molecule has 72 valence electrons. The van der Waals surface area contributed by atoms with Crippen molar-refractivity contribution in [3.63, 3.8) is 0 Å². The highest BCUT2D eigenvalue weighted by molar-refractivity contribution is 5.25. The van der Waals surface area contributed by atoms with Gasteiger partial charge in [-0.1, -0.05) is 0 Å². The van der Waals surface area contributed by atoms with Gasteiger partial charge in [0.25, 0.3) is 0 Å². The van der Waals surface area contributed by atoms with E-state index in [1.807, 2.05) is 20.2 Å². The van der Waals surface area contributed by atoms with E-state index < -0.39 is 5.60 Å². The maximum Gasteiger partial charge on any atom is 0.106 e. The molecule has 1 saturated heterocycles. The molecule has 1 unspecified atom stereocenters. The lowest BCUT2D eigenvalue weighted by molar-refractivity contribution is 0.0580. The largest absolute Gasteiger partial charge is 0.384 e. The summed E-state index contributed by atoms with van der Waals surface area (Å²) in [5, 5.41) is 17.6. The highest BCUT2D eigenvalue weighted by atomic mass is 16.3. The van der Waals surface area contributed by atoms with Crippen LogP contribution in [-0.2, 0) is 12.6 Å². The van der Waals surface area contributed by atoms with E-state index in [-0.39, 0.29) is 0 Å². The first kappa shape index (κ1) is 8.72. The molecule has 1 aromatic heterocycles. The summed E-state index contributed by atoms with van der Waals surface area (Å²) in [6.45, 7) is 3.45. The molecule has 0 amide bonds. The summed E-state index contributed by atoms with van der Waals surface area (Å²) in [5.74, 6) is 0. The molecule has 2 rings (SSSR count). The highest BCUT2D eigenvalue weighted by Gasteiger charge is 2.35. The molecular weight excluding hydrogens is 166 g/mol. The van der Waals surface area contributed by atoms with Crippen LogP contribution in [-0.4, -0.2) is 28.0 Å². The van der Waals surface area contributed by atoms with E-state index in [4.69, 9.17) is 0 Å². The van der Waals surface area contributed by atoms with E-state index in [2.05, 4.69) is 10.4 Å². The smallest absolute Gasteiger partial charge is 0.106 e. The summed E-state index contributed by atoms with van der Waals surface area (Å²) in [6, 6.07) is 0. The van der Waals surface area contributed by atoms with Crippen molar-refractivity contribution in [2.45, 2.75) is 18.9 Å². The molecule has 0 saturated carbocycles. The molecule has 1 aromatic rings. The molecule has 0 spiro atoms. The Morgan fingerprint density at radius 2 is 2.46 bits per heavy atom. The molecule has 0 aromatic carbocycles. The number of hydrogen-bond donors (Lipinski definition) is 2. The van der Waals surface area contributed by atoms with Gasteiger partial charge in [-0.2, -0.15) is 5.10 Å². The molecule has 1 atom stereocenters. The lowest BCUT2D eigenvalue weighted by atomic mass is 9.94. The molecule has 0 aliphatic carbocycles. The average Bonchev–Trinajstić information content (AvgIpc) is 2.59. The fourth-order valence-corrected chi connectivity index (χ4v) is 1.97. The lowest BCUT2D eigenvalue weighted by Crippen LogP contribution is -2.28. The number of hydrogen-bond acceptors (Lipinski definition) is 3. The third-order valence-electron chi connectivity index (χ3n) is 2.65. The topological polar surface area (TPSA) is 50.1 Å². The van der Waals surface area contributed by atoms with Crippen LogP contribution in [0.1, 0.15) is 17.7 Å². The Morgan fingerprint density at radius 3 is 2.92 bits per heavy atom. The number of rotatable bonds is 1. The van der Waals surface area contributed by atoms with Gasteiger partial charge < -0.3 is 10.4 Å². The molecule has 2 N–H and O–H groups in total. The molecule has 1 aliphatic rings. The van der Waals surface area contributed by atoms with Crippen LogP contribution in [0, 0.1) is 6.92 Å². The maximum atomic E-state index is 10.2. The average molecular weight is 181 g/mol. The van der Waals surface area contributed by atoms with Crippen LogP contribution in [0.4, 0.5) is 0 Å². The summed E-state index contributed by atoms with van der Waals surface area (Å²) >= 11 is 0. The Balaban J connectivity index is 2.38. The quantitative estimate of drug-likeness (QED) is 0.636. The predicted molar refractivity (Wildman–Crippen MR) is 49.3 cm³/mol. The van der Waals surface area contributed by atoms with Crippen molar-refractivity contribution in [2.75, 3.05) is 13.1 Å². The van der Waals surface area contributed by atoms with Gasteiger partial charge in [0.05, 0.1) is 5.69 Å². The number of aryl methyl sites for hydroxylation is 2. The van der Waals surface area contributed by atoms with Gasteiger partial charge in [0.2, 0.25) is 0 Å². The van der Waals surface area contributed by atoms with Crippen molar-refractivity contribution >= 4 is 0 Å². The third-order valence-corrected chi connectivity index (χ3v) is 2.65. The van der Waals surface area contributed by atoms with Crippen molar-refractivity contribution in [1.29, 1.82) is 0 Å². The molecular formula is C9H15N3O. The van der Waals surface area contributed by atoms with Gasteiger partial charge in [-0.15, -0.1) is 0 Å². The number of aliphatic hydroxyl groups is 1. The van der Waals surface area contributed by atoms with Crippen LogP contribution in [0.2, 0.25) is 0 Å². The number of nitrogens with zero attached hydrogens (tertiary/aromatic N) is 2. The summed E-state index contributed by atoms with van der Waals surface area (Å²) in [4.78, 5) is 0. The van der Waals surface area contributed by atoms with E-state index in [0.29, 0.717) is 6.54 Å². The number of aromatic nitrogens is 2. The maximum absolute atomic E-state index is 10.2. The van der Waals surface area contributed by atoms with E-state index in [0.717, 1.165) is 24.2 Å². The van der Waals surface area contributed by atoms with Gasteiger partial charge in [0.15, 0.2) is 0 Å². The molecule has 0 radical (unpaired) electrons. The molecule has 1 fully saturated rings. The molecule has 4 heteroatoms. The second-order valence-electron chi connectivity index (χ2n) is 3.76. The van der Waals surface area contributed by atoms with E-state index >= 15 is 0 Å². The minimum Gasteiger partial charge on any atom is -0.384 e. The van der Waals surface area contributed by atoms with Crippen molar-refractivity contribution < 1.29 is 5.11 Å². The normalized spacial score (nSPS) is 28.2. The molecule has 2 heterocycles. The van der Waals surface area contributed by atoms with Crippen LogP contribution in [0.3, 0.4) is 0 Å². The van der Waals surface area contributed by atoms with Gasteiger partial charge in [-0.25, -0.2) is 0 Å². The zero-order valence-corrected chi connectivity index (χ0v) is 8.04. The Hall–Kier alpha value is -0.870. The second-order valence-corrected chi connectivity index (χ2v) is 3.76. The molecule has 13 heavy (non-hydrogen) atoms. The van der Waals surface area contributed by atoms with Crippen molar-refractivity contribution in [3.05, 3.63) is 17.5 Å². The number of β-amino-alcohol motifs (C(OH)–C–C–N with tert-alkyl or cyclic N) is 1. The van der Waals surface area contributed by atoms with E-state index in [1.165, 1.54) is 0 Å². The molecule has 1 aliphatic heterocycles. The summed E-state index contributed by atoms with van der Waals surface area (Å²) in [6.07, 6.45) is 2.68. The Kier molecular flexibility index (Phi) is 1.89. The Morgan fingerprint density at radius 1 is 1.69 bits per heavy atom. The minimum atomic E-state index is -0.696. The third kappa shape index (κ3) is 1.36. The fourth-order valence-electron chi connectivity index (χ4n) is 1.97. The SMILES string of the molecule is Cc1nn(C)cc1C1(O)CCNC1. The van der Waals surface area contributed by atoms with E-state index in [9.17, 15) is 5.11 Å². The zero-order chi connectivity index (χ0) is 9.47. The Bertz CT molecular complexity index is 313. The van der Waals surface area contributed by atoms with Gasteiger partial charge in [0.1, 0.15) is 5.60 Å². The summed E-state index contributed by atoms with van der Waals surface area (Å²) in [5.41, 5.74) is 1.19. The first-order chi connectivity index (χ1) is 6.12.